The average Bonchev–Trinajstić information content (AvgIpc) is 3.04. The first-order chi connectivity index (χ1) is 14.8. The number of ether oxygens (including phenoxy) is 1. The zero-order chi connectivity index (χ0) is 22.3. The number of benzene rings is 2. The summed E-state index contributed by atoms with van der Waals surface area (Å²) in [6.07, 6.45) is 1.18. The minimum Gasteiger partial charge on any atom is -0.487 e. The van der Waals surface area contributed by atoms with Gasteiger partial charge in [-0.2, -0.15) is 5.10 Å². The van der Waals surface area contributed by atoms with Gasteiger partial charge in [-0.15, -0.1) is 0 Å². The molecule has 0 spiro atoms. The summed E-state index contributed by atoms with van der Waals surface area (Å²) < 4.78 is 35.3. The molecule has 160 valence electrons. The molecule has 0 saturated heterocycles. The van der Waals surface area contributed by atoms with Crippen LogP contribution in [0.4, 0.5) is 8.78 Å². The molecule has 0 amide bonds. The Morgan fingerprint density at radius 1 is 1.19 bits per heavy atom. The minimum atomic E-state index is -0.449. The quantitative estimate of drug-likeness (QED) is 0.439. The van der Waals surface area contributed by atoms with Gasteiger partial charge in [0, 0.05) is 22.7 Å². The van der Waals surface area contributed by atoms with E-state index < -0.39 is 11.9 Å². The lowest BCUT2D eigenvalue weighted by Crippen LogP contribution is -2.11. The van der Waals surface area contributed by atoms with Crippen molar-refractivity contribution < 1.29 is 13.5 Å². The van der Waals surface area contributed by atoms with E-state index >= 15 is 0 Å². The SMILES string of the molecule is Cc1cc(-n2ncc(F)c2C)c2cccc(OCc3c(Cl)cc(F)cc3C(C)N)c2n1. The molecule has 4 rings (SSSR count). The van der Waals surface area contributed by atoms with Crippen LogP contribution in [-0.2, 0) is 6.61 Å². The van der Waals surface area contributed by atoms with Crippen molar-refractivity contribution in [2.24, 2.45) is 5.73 Å². The van der Waals surface area contributed by atoms with Crippen LogP contribution in [0.1, 0.15) is 35.5 Å². The Bertz CT molecular complexity index is 1290. The number of aryl methyl sites for hydroxylation is 1. The van der Waals surface area contributed by atoms with Crippen LogP contribution in [0.3, 0.4) is 0 Å². The number of aromatic nitrogens is 3. The van der Waals surface area contributed by atoms with Crippen LogP contribution >= 0.6 is 11.6 Å². The standard InChI is InChI=1S/C23H21ClF2N4O/c1-12-7-21(30-14(3)20(26)10-28-30)16-5-4-6-22(23(16)29-12)31-11-18-17(13(2)27)8-15(25)9-19(18)24/h4-10,13H,11,27H2,1-3H3. The topological polar surface area (TPSA) is 66.0 Å². The number of halogens is 3. The number of nitrogens with zero attached hydrogens (tertiary/aromatic N) is 3. The van der Waals surface area contributed by atoms with Gasteiger partial charge in [-0.3, -0.25) is 0 Å². The highest BCUT2D eigenvalue weighted by atomic mass is 35.5. The van der Waals surface area contributed by atoms with Gasteiger partial charge in [-0.1, -0.05) is 23.7 Å². The fraction of sp³-hybridized carbons (Fsp3) is 0.217. The molecule has 0 radical (unpaired) electrons. The summed E-state index contributed by atoms with van der Waals surface area (Å²) in [7, 11) is 0. The van der Waals surface area contributed by atoms with Crippen molar-refractivity contribution in [3.8, 4) is 11.4 Å². The molecule has 0 saturated carbocycles. The third-order valence-electron chi connectivity index (χ3n) is 5.14. The Balaban J connectivity index is 1.78. The Hall–Kier alpha value is -3.03. The lowest BCUT2D eigenvalue weighted by atomic mass is 10.0. The van der Waals surface area contributed by atoms with Crippen molar-refractivity contribution in [2.75, 3.05) is 0 Å². The van der Waals surface area contributed by atoms with Crippen LogP contribution < -0.4 is 10.5 Å². The summed E-state index contributed by atoms with van der Waals surface area (Å²) in [5.41, 5.74) is 9.63. The molecule has 4 aromatic rings. The lowest BCUT2D eigenvalue weighted by Gasteiger charge is -2.17. The number of fused-ring (bicyclic) bond motifs is 1. The monoisotopic (exact) mass is 442 g/mol. The maximum atomic E-state index is 13.9. The molecule has 0 fully saturated rings. The van der Waals surface area contributed by atoms with Crippen molar-refractivity contribution in [1.29, 1.82) is 0 Å². The molecule has 2 N–H and O–H groups in total. The van der Waals surface area contributed by atoms with Gasteiger partial charge in [0.05, 0.1) is 22.6 Å². The summed E-state index contributed by atoms with van der Waals surface area (Å²) >= 11 is 6.28. The smallest absolute Gasteiger partial charge is 0.164 e. The first kappa shape index (κ1) is 21.2. The van der Waals surface area contributed by atoms with Crippen LogP contribution in [0.5, 0.6) is 5.75 Å². The lowest BCUT2D eigenvalue weighted by molar-refractivity contribution is 0.307. The normalized spacial score (nSPS) is 12.4. The fourth-order valence-electron chi connectivity index (χ4n) is 3.58. The van der Waals surface area contributed by atoms with Crippen LogP contribution in [-0.4, -0.2) is 14.8 Å². The van der Waals surface area contributed by atoms with Crippen LogP contribution in [0.2, 0.25) is 5.02 Å². The van der Waals surface area contributed by atoms with Crippen molar-refractivity contribution in [3.63, 3.8) is 0 Å². The molecular formula is C23H21ClF2N4O. The number of para-hydroxylation sites is 1. The second-order valence-electron chi connectivity index (χ2n) is 7.46. The molecular weight excluding hydrogens is 422 g/mol. The fourth-order valence-corrected chi connectivity index (χ4v) is 3.85. The van der Waals surface area contributed by atoms with E-state index in [1.165, 1.54) is 18.3 Å². The van der Waals surface area contributed by atoms with Gasteiger partial charge in [-0.05, 0) is 50.6 Å². The zero-order valence-electron chi connectivity index (χ0n) is 17.3. The molecule has 5 nitrogen and oxygen atoms in total. The van der Waals surface area contributed by atoms with Crippen molar-refractivity contribution >= 4 is 22.5 Å². The number of pyridine rings is 1. The van der Waals surface area contributed by atoms with E-state index in [-0.39, 0.29) is 17.4 Å². The minimum absolute atomic E-state index is 0.0927. The Labute approximate surface area is 183 Å². The summed E-state index contributed by atoms with van der Waals surface area (Å²) in [4.78, 5) is 4.63. The molecule has 8 heteroatoms. The molecule has 2 aromatic carbocycles. The molecule has 2 aromatic heterocycles. The van der Waals surface area contributed by atoms with E-state index in [4.69, 9.17) is 22.1 Å². The van der Waals surface area contributed by atoms with E-state index in [1.54, 1.807) is 24.6 Å². The first-order valence-corrected chi connectivity index (χ1v) is 10.1. The average molecular weight is 443 g/mol. The predicted molar refractivity (Wildman–Crippen MR) is 117 cm³/mol. The highest BCUT2D eigenvalue weighted by Gasteiger charge is 2.17. The number of hydrogen-bond donors (Lipinski definition) is 1. The molecule has 0 aliphatic carbocycles. The van der Waals surface area contributed by atoms with E-state index in [0.717, 1.165) is 11.1 Å². The number of nitrogens with two attached hydrogens (primary N) is 1. The molecule has 0 bridgehead atoms. The highest BCUT2D eigenvalue weighted by molar-refractivity contribution is 6.31. The second-order valence-corrected chi connectivity index (χ2v) is 7.86. The third kappa shape index (κ3) is 3.98. The van der Waals surface area contributed by atoms with Gasteiger partial charge in [0.15, 0.2) is 5.82 Å². The maximum Gasteiger partial charge on any atom is 0.164 e. The number of rotatable bonds is 5. The van der Waals surface area contributed by atoms with Gasteiger partial charge >= 0.3 is 0 Å². The summed E-state index contributed by atoms with van der Waals surface area (Å²) in [5, 5.41) is 5.16. The van der Waals surface area contributed by atoms with Crippen LogP contribution in [0, 0.1) is 25.5 Å². The van der Waals surface area contributed by atoms with E-state index in [9.17, 15) is 8.78 Å². The Morgan fingerprint density at radius 3 is 2.65 bits per heavy atom. The van der Waals surface area contributed by atoms with E-state index in [2.05, 4.69) is 10.1 Å². The van der Waals surface area contributed by atoms with Crippen molar-refractivity contribution in [1.82, 2.24) is 14.8 Å². The second kappa shape index (κ2) is 8.24. The third-order valence-corrected chi connectivity index (χ3v) is 5.48. The molecule has 0 aliphatic heterocycles. The van der Waals surface area contributed by atoms with Crippen molar-refractivity contribution in [3.05, 3.63) is 81.8 Å². The molecule has 2 heterocycles. The van der Waals surface area contributed by atoms with Gasteiger partial charge < -0.3 is 10.5 Å². The Kier molecular flexibility index (Phi) is 5.64. The zero-order valence-corrected chi connectivity index (χ0v) is 18.0. The maximum absolute atomic E-state index is 13.9. The largest absolute Gasteiger partial charge is 0.487 e. The van der Waals surface area contributed by atoms with Gasteiger partial charge in [0.25, 0.3) is 0 Å². The summed E-state index contributed by atoms with van der Waals surface area (Å²) in [6, 6.07) is 9.53. The highest BCUT2D eigenvalue weighted by Crippen LogP contribution is 2.32. The van der Waals surface area contributed by atoms with E-state index in [0.29, 0.717) is 33.8 Å². The summed E-state index contributed by atoms with van der Waals surface area (Å²) in [6.45, 7) is 5.36. The predicted octanol–water partition coefficient (Wildman–Crippen LogP) is 5.57. The van der Waals surface area contributed by atoms with E-state index in [1.807, 2.05) is 25.1 Å². The van der Waals surface area contributed by atoms with Crippen LogP contribution in [0.25, 0.3) is 16.6 Å². The molecule has 31 heavy (non-hydrogen) atoms. The van der Waals surface area contributed by atoms with Gasteiger partial charge in [-0.25, -0.2) is 18.4 Å². The van der Waals surface area contributed by atoms with Gasteiger partial charge in [0.1, 0.15) is 23.7 Å². The number of hydrogen-bond acceptors (Lipinski definition) is 4. The molecule has 1 unspecified atom stereocenters. The van der Waals surface area contributed by atoms with Crippen molar-refractivity contribution in [2.45, 2.75) is 33.4 Å². The first-order valence-electron chi connectivity index (χ1n) is 9.73. The van der Waals surface area contributed by atoms with Gasteiger partial charge in [0.2, 0.25) is 0 Å². The summed E-state index contributed by atoms with van der Waals surface area (Å²) in [5.74, 6) is -0.317. The molecule has 1 atom stereocenters. The Morgan fingerprint density at radius 2 is 1.97 bits per heavy atom. The molecule has 0 aliphatic rings. The van der Waals surface area contributed by atoms with Crippen LogP contribution in [0.15, 0.2) is 42.6 Å².